The van der Waals surface area contributed by atoms with Crippen molar-refractivity contribution < 1.29 is 4.39 Å². The summed E-state index contributed by atoms with van der Waals surface area (Å²) in [6.07, 6.45) is 1.49. The van der Waals surface area contributed by atoms with Crippen molar-refractivity contribution in [2.45, 2.75) is 0 Å². The number of rotatable bonds is 1. The molecule has 0 atom stereocenters. The largest absolute Gasteiger partial charge is 0.206 e. The molecule has 0 aliphatic rings. The van der Waals surface area contributed by atoms with E-state index in [4.69, 9.17) is 0 Å². The highest BCUT2D eigenvalue weighted by atomic mass is 79.9. The fourth-order valence-corrected chi connectivity index (χ4v) is 1.21. The van der Waals surface area contributed by atoms with Crippen molar-refractivity contribution in [1.29, 1.82) is 0 Å². The monoisotopic (exact) mass is 200 g/mol. The summed E-state index contributed by atoms with van der Waals surface area (Å²) in [7, 11) is 0. The first kappa shape index (κ1) is 7.48. The van der Waals surface area contributed by atoms with Gasteiger partial charge in [-0.15, -0.1) is 0 Å². The number of halogens is 2. The minimum absolute atomic E-state index is 0.246. The average Bonchev–Trinajstić information content (AvgIpc) is 1.88. The van der Waals surface area contributed by atoms with Gasteiger partial charge in [0.25, 0.3) is 0 Å². The van der Waals surface area contributed by atoms with Gasteiger partial charge in [0.15, 0.2) is 0 Å². The predicted molar refractivity (Wildman–Crippen MR) is 44.2 cm³/mol. The molecule has 52 valence electrons. The molecule has 0 saturated carbocycles. The van der Waals surface area contributed by atoms with E-state index in [1.165, 1.54) is 12.1 Å². The first-order valence-electron chi connectivity index (χ1n) is 2.82. The normalized spacial score (nSPS) is 9.40. The van der Waals surface area contributed by atoms with Crippen LogP contribution < -0.4 is 0 Å². The number of hydrogen-bond acceptors (Lipinski definition) is 0. The summed E-state index contributed by atoms with van der Waals surface area (Å²) in [5.74, 6) is -0.246. The fraction of sp³-hybridized carbons (Fsp3) is 0. The van der Waals surface area contributed by atoms with Gasteiger partial charge in [-0.3, -0.25) is 0 Å². The van der Waals surface area contributed by atoms with E-state index in [1.54, 1.807) is 12.1 Å². The van der Waals surface area contributed by atoms with Gasteiger partial charge in [-0.05, 0) is 12.1 Å². The van der Waals surface area contributed by atoms with Crippen molar-refractivity contribution in [3.05, 3.63) is 40.6 Å². The van der Waals surface area contributed by atoms with Crippen LogP contribution in [-0.4, -0.2) is 0 Å². The molecule has 0 aliphatic heterocycles. The van der Waals surface area contributed by atoms with Gasteiger partial charge in [0.2, 0.25) is 0 Å². The molecule has 0 unspecified atom stereocenters. The van der Waals surface area contributed by atoms with Crippen LogP contribution in [0.15, 0.2) is 29.3 Å². The van der Waals surface area contributed by atoms with E-state index in [1.807, 2.05) is 0 Å². The number of hydrogen-bond donors (Lipinski definition) is 0. The van der Waals surface area contributed by atoms with Gasteiger partial charge in [-0.25, -0.2) is 4.39 Å². The van der Waals surface area contributed by atoms with Crippen molar-refractivity contribution in [2.24, 2.45) is 0 Å². The zero-order valence-corrected chi connectivity index (χ0v) is 6.86. The Hall–Kier alpha value is -0.630. The van der Waals surface area contributed by atoms with E-state index in [9.17, 15) is 4.39 Å². The van der Waals surface area contributed by atoms with Crippen molar-refractivity contribution in [3.8, 4) is 0 Å². The zero-order chi connectivity index (χ0) is 7.56. The molecular weight excluding hydrogens is 195 g/mol. The second-order valence-corrected chi connectivity index (χ2v) is 2.69. The van der Waals surface area contributed by atoms with Crippen LogP contribution in [0.3, 0.4) is 0 Å². The van der Waals surface area contributed by atoms with E-state index >= 15 is 0 Å². The Balaban J connectivity index is 3.30. The molecule has 0 aromatic heterocycles. The van der Waals surface area contributed by atoms with Crippen LogP contribution in [0.1, 0.15) is 5.56 Å². The lowest BCUT2D eigenvalue weighted by Crippen LogP contribution is -1.81. The highest BCUT2D eigenvalue weighted by Crippen LogP contribution is 2.19. The Morgan fingerprint density at radius 1 is 1.50 bits per heavy atom. The summed E-state index contributed by atoms with van der Waals surface area (Å²) < 4.78 is 13.5. The summed E-state index contributed by atoms with van der Waals surface area (Å²) in [6.45, 7) is 3.48. The van der Waals surface area contributed by atoms with Crippen LogP contribution in [0.25, 0.3) is 6.08 Å². The molecular formula is C8H6BrF. The third kappa shape index (κ3) is 1.27. The van der Waals surface area contributed by atoms with Crippen LogP contribution in [0.2, 0.25) is 0 Å². The minimum atomic E-state index is -0.246. The molecule has 1 aromatic rings. The molecule has 0 spiro atoms. The van der Waals surface area contributed by atoms with Gasteiger partial charge >= 0.3 is 0 Å². The molecule has 0 saturated heterocycles. The van der Waals surface area contributed by atoms with Gasteiger partial charge in [0.05, 0.1) is 0 Å². The quantitative estimate of drug-likeness (QED) is 0.654. The van der Waals surface area contributed by atoms with Crippen LogP contribution in [0, 0.1) is 5.82 Å². The molecule has 0 bridgehead atoms. The third-order valence-corrected chi connectivity index (χ3v) is 1.90. The third-order valence-electron chi connectivity index (χ3n) is 1.20. The Kier molecular flexibility index (Phi) is 2.22. The Bertz CT molecular complexity index is 235. The van der Waals surface area contributed by atoms with Crippen molar-refractivity contribution in [2.75, 3.05) is 0 Å². The molecule has 0 heterocycles. The summed E-state index contributed by atoms with van der Waals surface area (Å²) in [6, 6.07) is 4.83. The summed E-state index contributed by atoms with van der Waals surface area (Å²) in [4.78, 5) is 0. The maximum Gasteiger partial charge on any atom is 0.131 e. The van der Waals surface area contributed by atoms with E-state index < -0.39 is 0 Å². The standard InChI is InChI=1S/C8H6BrF/c1-2-6-7(9)4-3-5-8(6)10/h2-5H,1H2. The zero-order valence-electron chi connectivity index (χ0n) is 5.27. The summed E-state index contributed by atoms with van der Waals surface area (Å²) >= 11 is 3.20. The fourth-order valence-electron chi connectivity index (χ4n) is 0.706. The average molecular weight is 201 g/mol. The van der Waals surface area contributed by atoms with Crippen LogP contribution in [0.4, 0.5) is 4.39 Å². The first-order valence-corrected chi connectivity index (χ1v) is 3.61. The molecule has 1 rings (SSSR count). The molecule has 1 aromatic carbocycles. The smallest absolute Gasteiger partial charge is 0.131 e. The first-order chi connectivity index (χ1) is 4.75. The topological polar surface area (TPSA) is 0 Å². The lowest BCUT2D eigenvalue weighted by Gasteiger charge is -1.97. The van der Waals surface area contributed by atoms with Gasteiger partial charge in [0.1, 0.15) is 5.82 Å². The number of benzene rings is 1. The SMILES string of the molecule is C=Cc1c(F)cccc1Br. The highest BCUT2D eigenvalue weighted by Gasteiger charge is 1.99. The van der Waals surface area contributed by atoms with E-state index in [0.717, 1.165) is 4.47 Å². The molecule has 10 heavy (non-hydrogen) atoms. The molecule has 0 radical (unpaired) electrons. The van der Waals surface area contributed by atoms with Gasteiger partial charge < -0.3 is 0 Å². The predicted octanol–water partition coefficient (Wildman–Crippen LogP) is 3.23. The highest BCUT2D eigenvalue weighted by molar-refractivity contribution is 9.10. The van der Waals surface area contributed by atoms with Crippen molar-refractivity contribution >= 4 is 22.0 Å². The van der Waals surface area contributed by atoms with Gasteiger partial charge in [-0.2, -0.15) is 0 Å². The Morgan fingerprint density at radius 2 is 2.20 bits per heavy atom. The molecule has 0 fully saturated rings. The van der Waals surface area contributed by atoms with E-state index in [-0.39, 0.29) is 5.82 Å². The lowest BCUT2D eigenvalue weighted by atomic mass is 10.2. The van der Waals surface area contributed by atoms with Crippen LogP contribution in [-0.2, 0) is 0 Å². The van der Waals surface area contributed by atoms with Crippen molar-refractivity contribution in [1.82, 2.24) is 0 Å². The lowest BCUT2D eigenvalue weighted by molar-refractivity contribution is 0.624. The summed E-state index contributed by atoms with van der Waals surface area (Å²) in [5, 5.41) is 0. The van der Waals surface area contributed by atoms with Gasteiger partial charge in [0, 0.05) is 10.0 Å². The molecule has 0 nitrogen and oxygen atoms in total. The van der Waals surface area contributed by atoms with Crippen LogP contribution >= 0.6 is 15.9 Å². The molecule has 0 amide bonds. The van der Waals surface area contributed by atoms with Crippen LogP contribution in [0.5, 0.6) is 0 Å². The van der Waals surface area contributed by atoms with Gasteiger partial charge in [-0.1, -0.05) is 34.7 Å². The van der Waals surface area contributed by atoms with E-state index in [0.29, 0.717) is 5.56 Å². The second kappa shape index (κ2) is 2.97. The Morgan fingerprint density at radius 3 is 2.60 bits per heavy atom. The maximum atomic E-state index is 12.7. The van der Waals surface area contributed by atoms with Crippen molar-refractivity contribution in [3.63, 3.8) is 0 Å². The molecule has 0 aliphatic carbocycles. The molecule has 2 heteroatoms. The maximum absolute atomic E-state index is 12.7. The molecule has 0 N–H and O–H groups in total. The second-order valence-electron chi connectivity index (χ2n) is 1.84. The Labute approximate surface area is 67.5 Å². The minimum Gasteiger partial charge on any atom is -0.206 e. The van der Waals surface area contributed by atoms with E-state index in [2.05, 4.69) is 22.5 Å². The summed E-state index contributed by atoms with van der Waals surface area (Å²) in [5.41, 5.74) is 0.516.